The molecule has 2 aliphatic heterocycles. The Morgan fingerprint density at radius 3 is 2.46 bits per heavy atom. The summed E-state index contributed by atoms with van der Waals surface area (Å²) >= 11 is 0. The number of carbonyl (C=O) groups is 2. The predicted octanol–water partition coefficient (Wildman–Crippen LogP) is 1.98. The van der Waals surface area contributed by atoms with Gasteiger partial charge in [-0.05, 0) is 43.9 Å². The number of carboxylic acid groups (broad SMARTS) is 1. The lowest BCUT2D eigenvalue weighted by Crippen LogP contribution is -2.44. The molecule has 2 saturated heterocycles. The normalized spacial score (nSPS) is 22.6. The van der Waals surface area contributed by atoms with Gasteiger partial charge in [0, 0.05) is 19.6 Å². The molecule has 142 valence electrons. The van der Waals surface area contributed by atoms with E-state index in [9.17, 15) is 23.5 Å². The molecule has 1 aromatic rings. The second kappa shape index (κ2) is 6.83. The number of rotatable bonds is 3. The van der Waals surface area contributed by atoms with Crippen LogP contribution in [0.25, 0.3) is 0 Å². The van der Waals surface area contributed by atoms with Crippen LogP contribution in [0.5, 0.6) is 5.75 Å². The molecule has 0 aliphatic carbocycles. The lowest BCUT2D eigenvalue weighted by atomic mass is 9.76. The average Bonchev–Trinajstić information content (AvgIpc) is 2.92. The zero-order valence-electron chi connectivity index (χ0n) is 14.8. The molecule has 1 N–H and O–H groups in total. The Morgan fingerprint density at radius 1 is 1.27 bits per heavy atom. The number of hydrogen-bond acceptors (Lipinski definition) is 4. The number of ether oxygens (including phenoxy) is 1. The predicted molar refractivity (Wildman–Crippen MR) is 89.2 cm³/mol. The van der Waals surface area contributed by atoms with E-state index in [2.05, 4.69) is 0 Å². The number of carbonyl (C=O) groups excluding carboxylic acids is 1. The quantitative estimate of drug-likeness (QED) is 0.884. The van der Waals surface area contributed by atoms with Crippen molar-refractivity contribution in [1.29, 1.82) is 0 Å². The third-order valence-electron chi connectivity index (χ3n) is 5.62. The van der Waals surface area contributed by atoms with Crippen molar-refractivity contribution in [3.63, 3.8) is 0 Å². The van der Waals surface area contributed by atoms with Gasteiger partial charge in [0.25, 0.3) is 5.91 Å². The molecular formula is C18H22F2N2O4. The molecule has 2 fully saturated rings. The molecule has 1 atom stereocenters. The molecule has 1 amide bonds. The molecule has 6 nitrogen and oxygen atoms in total. The van der Waals surface area contributed by atoms with Gasteiger partial charge < -0.3 is 14.7 Å². The summed E-state index contributed by atoms with van der Waals surface area (Å²) in [6.45, 7) is 1.50. The molecule has 0 radical (unpaired) electrons. The van der Waals surface area contributed by atoms with Crippen molar-refractivity contribution >= 4 is 11.9 Å². The smallest absolute Gasteiger partial charge is 0.320 e. The number of piperidine rings is 1. The first-order chi connectivity index (χ1) is 12.3. The first kappa shape index (κ1) is 18.6. The van der Waals surface area contributed by atoms with Crippen LogP contribution in [0.15, 0.2) is 12.1 Å². The van der Waals surface area contributed by atoms with Gasteiger partial charge in [-0.3, -0.25) is 14.5 Å². The van der Waals surface area contributed by atoms with Gasteiger partial charge in [0.05, 0.1) is 12.7 Å². The molecule has 0 saturated carbocycles. The SMILES string of the molecule is COc1c(F)ccc(C(=O)N2CCC3(CC2)CC(C(=O)O)N(C)C3)c1F. The third kappa shape index (κ3) is 3.13. The molecule has 2 aliphatic rings. The van der Waals surface area contributed by atoms with E-state index in [0.717, 1.165) is 19.2 Å². The van der Waals surface area contributed by atoms with E-state index < -0.39 is 35.3 Å². The lowest BCUT2D eigenvalue weighted by molar-refractivity contribution is -0.141. The van der Waals surface area contributed by atoms with E-state index in [1.807, 2.05) is 4.90 Å². The molecule has 3 rings (SSSR count). The second-order valence-corrected chi connectivity index (χ2v) is 7.21. The van der Waals surface area contributed by atoms with Crippen LogP contribution >= 0.6 is 0 Å². The van der Waals surface area contributed by atoms with Crippen LogP contribution in [0.3, 0.4) is 0 Å². The summed E-state index contributed by atoms with van der Waals surface area (Å²) in [5.74, 6) is -3.75. The summed E-state index contributed by atoms with van der Waals surface area (Å²) in [5.41, 5.74) is -0.348. The highest BCUT2D eigenvalue weighted by atomic mass is 19.1. The van der Waals surface area contributed by atoms with Crippen molar-refractivity contribution in [3.05, 3.63) is 29.3 Å². The van der Waals surface area contributed by atoms with Crippen molar-refractivity contribution in [3.8, 4) is 5.75 Å². The maximum Gasteiger partial charge on any atom is 0.320 e. The summed E-state index contributed by atoms with van der Waals surface area (Å²) in [4.78, 5) is 27.3. The van der Waals surface area contributed by atoms with Gasteiger partial charge in [0.2, 0.25) is 0 Å². The fourth-order valence-corrected chi connectivity index (χ4v) is 4.15. The molecule has 26 heavy (non-hydrogen) atoms. The van der Waals surface area contributed by atoms with Gasteiger partial charge in [-0.1, -0.05) is 0 Å². The lowest BCUT2D eigenvalue weighted by Gasteiger charge is -2.39. The Bertz CT molecular complexity index is 732. The highest BCUT2D eigenvalue weighted by Gasteiger charge is 2.47. The Labute approximate surface area is 150 Å². The topological polar surface area (TPSA) is 70.1 Å². The highest BCUT2D eigenvalue weighted by Crippen LogP contribution is 2.43. The van der Waals surface area contributed by atoms with Crippen LogP contribution in [-0.2, 0) is 4.79 Å². The molecule has 1 aromatic carbocycles. The van der Waals surface area contributed by atoms with Crippen LogP contribution in [0.4, 0.5) is 8.78 Å². The van der Waals surface area contributed by atoms with E-state index in [4.69, 9.17) is 4.74 Å². The summed E-state index contributed by atoms with van der Waals surface area (Å²) in [6, 6.07) is 1.64. The number of carboxylic acids is 1. The van der Waals surface area contributed by atoms with Crippen molar-refractivity contribution in [2.24, 2.45) is 5.41 Å². The molecule has 2 heterocycles. The fourth-order valence-electron chi connectivity index (χ4n) is 4.15. The third-order valence-corrected chi connectivity index (χ3v) is 5.62. The monoisotopic (exact) mass is 368 g/mol. The van der Waals surface area contributed by atoms with Gasteiger partial charge in [0.1, 0.15) is 6.04 Å². The number of nitrogens with zero attached hydrogens (tertiary/aromatic N) is 2. The summed E-state index contributed by atoms with van der Waals surface area (Å²) in [7, 11) is 2.95. The van der Waals surface area contributed by atoms with Crippen molar-refractivity contribution in [1.82, 2.24) is 9.80 Å². The van der Waals surface area contributed by atoms with E-state index in [0.29, 0.717) is 38.9 Å². The second-order valence-electron chi connectivity index (χ2n) is 7.21. The minimum Gasteiger partial charge on any atom is -0.491 e. The van der Waals surface area contributed by atoms with Crippen LogP contribution < -0.4 is 4.74 Å². The minimum atomic E-state index is -0.996. The Balaban J connectivity index is 1.71. The Hall–Kier alpha value is -2.22. The summed E-state index contributed by atoms with van der Waals surface area (Å²) in [6.07, 6.45) is 1.87. The standard InChI is InChI=1S/C18H22F2N2O4/c1-21-10-18(9-13(21)17(24)25)5-7-22(8-6-18)16(23)11-3-4-12(19)15(26-2)14(11)20/h3-4,13H,5-10H2,1-2H3,(H,24,25). The van der Waals surface area contributed by atoms with Crippen LogP contribution in [-0.4, -0.2) is 66.6 Å². The number of halogens is 2. The zero-order valence-corrected chi connectivity index (χ0v) is 14.8. The molecule has 8 heteroatoms. The largest absolute Gasteiger partial charge is 0.491 e. The van der Waals surface area contributed by atoms with Gasteiger partial charge in [-0.2, -0.15) is 0 Å². The highest BCUT2D eigenvalue weighted by molar-refractivity contribution is 5.95. The van der Waals surface area contributed by atoms with E-state index >= 15 is 0 Å². The number of likely N-dealkylation sites (N-methyl/N-ethyl adjacent to an activating group) is 1. The number of benzene rings is 1. The Kier molecular flexibility index (Phi) is 4.88. The summed E-state index contributed by atoms with van der Waals surface area (Å²) in [5, 5.41) is 9.30. The maximum absolute atomic E-state index is 14.3. The molecular weight excluding hydrogens is 346 g/mol. The number of amides is 1. The first-order valence-electron chi connectivity index (χ1n) is 8.52. The van der Waals surface area contributed by atoms with Crippen molar-refractivity contribution in [2.75, 3.05) is 33.8 Å². The number of aliphatic carboxylic acids is 1. The average molecular weight is 368 g/mol. The zero-order chi connectivity index (χ0) is 19.1. The van der Waals surface area contributed by atoms with Crippen LogP contribution in [0.1, 0.15) is 29.6 Å². The number of likely N-dealkylation sites (tertiary alicyclic amines) is 2. The van der Waals surface area contributed by atoms with E-state index in [1.165, 1.54) is 4.90 Å². The molecule has 0 aromatic heterocycles. The first-order valence-corrected chi connectivity index (χ1v) is 8.52. The van der Waals surface area contributed by atoms with Crippen LogP contribution in [0.2, 0.25) is 0 Å². The van der Waals surface area contributed by atoms with Gasteiger partial charge >= 0.3 is 5.97 Å². The molecule has 0 bridgehead atoms. The maximum atomic E-state index is 14.3. The van der Waals surface area contributed by atoms with Gasteiger partial charge in [-0.15, -0.1) is 0 Å². The minimum absolute atomic E-state index is 0.131. The van der Waals surface area contributed by atoms with Crippen LogP contribution in [0, 0.1) is 17.0 Å². The van der Waals surface area contributed by atoms with Crippen molar-refractivity contribution in [2.45, 2.75) is 25.3 Å². The van der Waals surface area contributed by atoms with E-state index in [1.54, 1.807) is 7.05 Å². The molecule has 1 spiro atoms. The number of methoxy groups -OCH3 is 1. The van der Waals surface area contributed by atoms with Gasteiger partial charge in [0.15, 0.2) is 17.4 Å². The number of hydrogen-bond donors (Lipinski definition) is 1. The van der Waals surface area contributed by atoms with Crippen molar-refractivity contribution < 1.29 is 28.2 Å². The molecule has 1 unspecified atom stereocenters. The Morgan fingerprint density at radius 2 is 1.92 bits per heavy atom. The van der Waals surface area contributed by atoms with E-state index in [-0.39, 0.29) is 11.0 Å². The summed E-state index contributed by atoms with van der Waals surface area (Å²) < 4.78 is 32.6. The fraction of sp³-hybridized carbons (Fsp3) is 0.556. The van der Waals surface area contributed by atoms with Gasteiger partial charge in [-0.25, -0.2) is 8.78 Å².